The van der Waals surface area contributed by atoms with Crippen LogP contribution in [0.3, 0.4) is 0 Å². The molecule has 0 radical (unpaired) electrons. The van der Waals surface area contributed by atoms with E-state index in [-0.39, 0.29) is 23.5 Å². The summed E-state index contributed by atoms with van der Waals surface area (Å²) in [5, 5.41) is 16.8. The number of nitro benzene ring substituents is 1. The quantitative estimate of drug-likeness (QED) is 0.417. The lowest BCUT2D eigenvalue weighted by Gasteiger charge is -2.06. The smallest absolute Gasteiger partial charge is 0.293 e. The van der Waals surface area contributed by atoms with Gasteiger partial charge >= 0.3 is 0 Å². The van der Waals surface area contributed by atoms with Gasteiger partial charge in [0.15, 0.2) is 5.76 Å². The molecule has 0 aliphatic rings. The Morgan fingerprint density at radius 3 is 2.85 bits per heavy atom. The molecule has 0 saturated carbocycles. The second kappa shape index (κ2) is 5.80. The van der Waals surface area contributed by atoms with E-state index in [1.54, 1.807) is 6.07 Å². The van der Waals surface area contributed by atoms with E-state index >= 15 is 0 Å². The third-order valence-corrected chi connectivity index (χ3v) is 2.53. The summed E-state index contributed by atoms with van der Waals surface area (Å²) in [5.74, 6) is 5.29. The molecule has 0 saturated heterocycles. The molecular weight excluding hydrogens is 266 g/mol. The molecule has 0 aliphatic carbocycles. The van der Waals surface area contributed by atoms with Gasteiger partial charge in [0.25, 0.3) is 11.6 Å². The van der Waals surface area contributed by atoms with E-state index in [0.717, 1.165) is 0 Å². The molecule has 1 aromatic carbocycles. The van der Waals surface area contributed by atoms with Crippen LogP contribution in [0.5, 0.6) is 0 Å². The number of rotatable bonds is 5. The first-order valence-corrected chi connectivity index (χ1v) is 5.54. The SMILES string of the molecule is NNc1cc(C(=O)NCc2ccno2)ccc1[N+](=O)[O-]. The summed E-state index contributed by atoms with van der Waals surface area (Å²) < 4.78 is 4.83. The summed E-state index contributed by atoms with van der Waals surface area (Å²) in [6, 6.07) is 5.46. The number of hydrazine groups is 1. The van der Waals surface area contributed by atoms with Crippen molar-refractivity contribution in [1.29, 1.82) is 0 Å². The molecule has 20 heavy (non-hydrogen) atoms. The third kappa shape index (κ3) is 2.90. The number of hydrogen-bond acceptors (Lipinski definition) is 7. The number of carbonyl (C=O) groups is 1. The molecule has 0 spiro atoms. The van der Waals surface area contributed by atoms with Crippen molar-refractivity contribution in [1.82, 2.24) is 10.5 Å². The number of carbonyl (C=O) groups excluding carboxylic acids is 1. The minimum Gasteiger partial charge on any atom is -0.360 e. The first-order chi connectivity index (χ1) is 9.61. The number of aromatic nitrogens is 1. The lowest BCUT2D eigenvalue weighted by Crippen LogP contribution is -2.23. The first kappa shape index (κ1) is 13.5. The minimum atomic E-state index is -0.592. The highest BCUT2D eigenvalue weighted by Crippen LogP contribution is 2.24. The predicted octanol–water partition coefficient (Wildman–Crippen LogP) is 0.798. The molecule has 2 rings (SSSR count). The zero-order chi connectivity index (χ0) is 14.5. The number of nitro groups is 1. The zero-order valence-electron chi connectivity index (χ0n) is 10.2. The molecule has 9 nitrogen and oxygen atoms in total. The molecule has 0 atom stereocenters. The standard InChI is InChI=1S/C11H11N5O4/c12-15-9-5-7(1-2-10(9)16(18)19)11(17)13-6-8-3-4-14-20-8/h1-5,15H,6,12H2,(H,13,17). The molecule has 0 aliphatic heterocycles. The van der Waals surface area contributed by atoms with Crippen LogP contribution in [0.15, 0.2) is 35.0 Å². The van der Waals surface area contributed by atoms with Crippen LogP contribution in [0.2, 0.25) is 0 Å². The summed E-state index contributed by atoms with van der Waals surface area (Å²) in [6.45, 7) is 0.168. The molecule has 104 valence electrons. The molecule has 1 heterocycles. The molecule has 2 aromatic rings. The van der Waals surface area contributed by atoms with Crippen molar-refractivity contribution in [2.24, 2.45) is 5.84 Å². The third-order valence-electron chi connectivity index (χ3n) is 2.53. The molecule has 1 aromatic heterocycles. The van der Waals surface area contributed by atoms with Crippen LogP contribution in [0.1, 0.15) is 16.1 Å². The fourth-order valence-corrected chi connectivity index (χ4v) is 1.55. The van der Waals surface area contributed by atoms with Crippen molar-refractivity contribution < 1.29 is 14.2 Å². The second-order valence-electron chi connectivity index (χ2n) is 3.79. The second-order valence-corrected chi connectivity index (χ2v) is 3.79. The van der Waals surface area contributed by atoms with E-state index in [9.17, 15) is 14.9 Å². The Hall–Kier alpha value is -2.94. The van der Waals surface area contributed by atoms with Gasteiger partial charge in [-0.15, -0.1) is 0 Å². The van der Waals surface area contributed by atoms with Gasteiger partial charge < -0.3 is 15.3 Å². The van der Waals surface area contributed by atoms with Crippen molar-refractivity contribution in [3.05, 3.63) is 51.9 Å². The van der Waals surface area contributed by atoms with Gasteiger partial charge in [-0.05, 0) is 12.1 Å². The van der Waals surface area contributed by atoms with E-state index in [4.69, 9.17) is 10.4 Å². The summed E-state index contributed by atoms with van der Waals surface area (Å²) in [4.78, 5) is 22.0. The normalized spacial score (nSPS) is 10.1. The number of benzene rings is 1. The topological polar surface area (TPSA) is 136 Å². The van der Waals surface area contributed by atoms with Gasteiger partial charge in [-0.3, -0.25) is 20.8 Å². The molecular formula is C11H11N5O4. The first-order valence-electron chi connectivity index (χ1n) is 5.54. The number of nitrogens with zero attached hydrogens (tertiary/aromatic N) is 2. The van der Waals surface area contributed by atoms with Gasteiger partial charge in [0.05, 0.1) is 17.7 Å². The molecule has 9 heteroatoms. The molecule has 0 unspecified atom stereocenters. The number of nitrogens with two attached hydrogens (primary N) is 1. The van der Waals surface area contributed by atoms with Crippen LogP contribution in [-0.2, 0) is 6.54 Å². The van der Waals surface area contributed by atoms with Gasteiger partial charge in [0, 0.05) is 17.7 Å². The Balaban J connectivity index is 2.12. The van der Waals surface area contributed by atoms with Crippen LogP contribution in [0.4, 0.5) is 11.4 Å². The Labute approximate surface area is 112 Å². The van der Waals surface area contributed by atoms with Gasteiger partial charge in [-0.1, -0.05) is 5.16 Å². The van der Waals surface area contributed by atoms with E-state index in [1.165, 1.54) is 24.4 Å². The van der Waals surface area contributed by atoms with Crippen LogP contribution < -0.4 is 16.6 Å². The molecule has 1 amide bonds. The van der Waals surface area contributed by atoms with Crippen LogP contribution >= 0.6 is 0 Å². The maximum absolute atomic E-state index is 11.9. The van der Waals surface area contributed by atoms with Crippen molar-refractivity contribution in [2.45, 2.75) is 6.54 Å². The number of hydrogen-bond donors (Lipinski definition) is 3. The van der Waals surface area contributed by atoms with Gasteiger partial charge in [-0.2, -0.15) is 0 Å². The zero-order valence-corrected chi connectivity index (χ0v) is 10.2. The summed E-state index contributed by atoms with van der Waals surface area (Å²) >= 11 is 0. The van der Waals surface area contributed by atoms with E-state index < -0.39 is 10.8 Å². The molecule has 4 N–H and O–H groups in total. The van der Waals surface area contributed by atoms with Crippen LogP contribution in [0, 0.1) is 10.1 Å². The van der Waals surface area contributed by atoms with Crippen LogP contribution in [-0.4, -0.2) is 16.0 Å². The number of nitrogens with one attached hydrogen (secondary N) is 2. The minimum absolute atomic E-state index is 0.0577. The van der Waals surface area contributed by atoms with Gasteiger partial charge in [0.2, 0.25) is 0 Å². The van der Waals surface area contributed by atoms with Crippen molar-refractivity contribution in [3.8, 4) is 0 Å². The summed E-state index contributed by atoms with van der Waals surface area (Å²) in [6.07, 6.45) is 1.46. The number of nitrogen functional groups attached to an aromatic ring is 1. The molecule has 0 bridgehead atoms. The fraction of sp³-hybridized carbons (Fsp3) is 0.0909. The van der Waals surface area contributed by atoms with E-state index in [2.05, 4.69) is 15.9 Å². The highest BCUT2D eigenvalue weighted by Gasteiger charge is 2.16. The van der Waals surface area contributed by atoms with Crippen molar-refractivity contribution in [2.75, 3.05) is 5.43 Å². The number of anilines is 1. The monoisotopic (exact) mass is 277 g/mol. The van der Waals surface area contributed by atoms with Crippen LogP contribution in [0.25, 0.3) is 0 Å². The van der Waals surface area contributed by atoms with Gasteiger partial charge in [-0.25, -0.2) is 0 Å². The lowest BCUT2D eigenvalue weighted by molar-refractivity contribution is -0.384. The van der Waals surface area contributed by atoms with E-state index in [0.29, 0.717) is 5.76 Å². The average Bonchev–Trinajstić information content (AvgIpc) is 2.97. The Morgan fingerprint density at radius 2 is 2.25 bits per heavy atom. The summed E-state index contributed by atoms with van der Waals surface area (Å²) in [7, 11) is 0. The summed E-state index contributed by atoms with van der Waals surface area (Å²) in [5.41, 5.74) is 2.28. The van der Waals surface area contributed by atoms with Crippen molar-refractivity contribution >= 4 is 17.3 Å². The Bertz CT molecular complexity index is 626. The predicted molar refractivity (Wildman–Crippen MR) is 68.6 cm³/mol. The van der Waals surface area contributed by atoms with Crippen molar-refractivity contribution in [3.63, 3.8) is 0 Å². The highest BCUT2D eigenvalue weighted by atomic mass is 16.6. The molecule has 0 fully saturated rings. The maximum Gasteiger partial charge on any atom is 0.293 e. The highest BCUT2D eigenvalue weighted by molar-refractivity contribution is 5.95. The average molecular weight is 277 g/mol. The maximum atomic E-state index is 11.9. The number of amides is 1. The Kier molecular flexibility index (Phi) is 3.91. The largest absolute Gasteiger partial charge is 0.360 e. The Morgan fingerprint density at radius 1 is 1.45 bits per heavy atom. The fourth-order valence-electron chi connectivity index (χ4n) is 1.55. The lowest BCUT2D eigenvalue weighted by atomic mass is 10.1. The van der Waals surface area contributed by atoms with E-state index in [1.807, 2.05) is 0 Å². The van der Waals surface area contributed by atoms with Gasteiger partial charge in [0.1, 0.15) is 5.69 Å².